The number of rotatable bonds is 6. The van der Waals surface area contributed by atoms with Crippen LogP contribution in [0.4, 0.5) is 15.9 Å². The van der Waals surface area contributed by atoms with Crippen molar-refractivity contribution in [1.29, 1.82) is 0 Å². The highest BCUT2D eigenvalue weighted by Crippen LogP contribution is 2.22. The molecule has 0 aliphatic rings. The zero-order chi connectivity index (χ0) is 16.2. The molecule has 1 heterocycles. The summed E-state index contributed by atoms with van der Waals surface area (Å²) < 4.78 is 39.6. The van der Waals surface area contributed by atoms with Crippen molar-refractivity contribution >= 4 is 27.5 Å². The Balaban J connectivity index is 2.29. The van der Waals surface area contributed by atoms with Crippen molar-refractivity contribution in [3.05, 3.63) is 48.4 Å². The van der Waals surface area contributed by atoms with E-state index in [0.29, 0.717) is 0 Å². The number of nitrogens with zero attached hydrogens (tertiary/aromatic N) is 1. The van der Waals surface area contributed by atoms with Gasteiger partial charge in [-0.2, -0.15) is 0 Å². The van der Waals surface area contributed by atoms with E-state index >= 15 is 0 Å². The van der Waals surface area contributed by atoms with E-state index in [1.54, 1.807) is 6.07 Å². The van der Waals surface area contributed by atoms with Crippen LogP contribution in [0.5, 0.6) is 0 Å². The van der Waals surface area contributed by atoms with Crippen LogP contribution in [-0.2, 0) is 14.8 Å². The van der Waals surface area contributed by atoms with Gasteiger partial charge in [-0.05, 0) is 24.3 Å². The highest BCUT2D eigenvalue weighted by Gasteiger charge is 2.19. The lowest BCUT2D eigenvalue weighted by atomic mass is 10.3. The second-order valence-corrected chi connectivity index (χ2v) is 5.86. The predicted octanol–water partition coefficient (Wildman–Crippen LogP) is 1.52. The van der Waals surface area contributed by atoms with E-state index < -0.39 is 28.4 Å². The number of nitrogens with one attached hydrogen (secondary N) is 2. The van der Waals surface area contributed by atoms with Gasteiger partial charge in [0.05, 0.1) is 11.9 Å². The van der Waals surface area contributed by atoms with Gasteiger partial charge in [-0.15, -0.1) is 0 Å². The van der Waals surface area contributed by atoms with Gasteiger partial charge in [0.25, 0.3) is 10.0 Å². The molecule has 0 aliphatic heterocycles. The Hall–Kier alpha value is -2.68. The quantitative estimate of drug-likeness (QED) is 0.743. The lowest BCUT2D eigenvalue weighted by molar-refractivity contribution is -0.134. The lowest BCUT2D eigenvalue weighted by Crippen LogP contribution is -2.18. The smallest absolute Gasteiger partial charge is 0.322 e. The molecule has 1 aromatic heterocycles. The maximum atomic E-state index is 12.8. The molecule has 0 aliphatic carbocycles. The second kappa shape index (κ2) is 6.39. The average Bonchev–Trinajstić information content (AvgIpc) is 2.47. The molecular formula is C13H12FN3O4S. The summed E-state index contributed by atoms with van der Waals surface area (Å²) in [6.45, 7) is -0.429. The van der Waals surface area contributed by atoms with Gasteiger partial charge in [0.2, 0.25) is 0 Å². The SMILES string of the molecule is O=C(O)CNc1ccccc1S(=O)(=O)Nc1ccc(F)cn1. The standard InChI is InChI=1S/C13H12FN3O4S/c14-9-5-6-12(16-7-9)17-22(20,21)11-4-2-1-3-10(11)15-8-13(18)19/h1-7,15H,8H2,(H,16,17)(H,18,19). The molecule has 0 radical (unpaired) electrons. The normalized spacial score (nSPS) is 11.0. The molecule has 0 atom stereocenters. The molecule has 0 fully saturated rings. The number of aromatic nitrogens is 1. The van der Waals surface area contributed by atoms with Gasteiger partial charge in [-0.25, -0.2) is 17.8 Å². The molecule has 0 amide bonds. The fourth-order valence-electron chi connectivity index (χ4n) is 1.65. The number of anilines is 2. The van der Waals surface area contributed by atoms with Crippen LogP contribution < -0.4 is 10.0 Å². The summed E-state index contributed by atoms with van der Waals surface area (Å²) in [5.74, 6) is -1.76. The van der Waals surface area contributed by atoms with Gasteiger partial charge in [0, 0.05) is 0 Å². The van der Waals surface area contributed by atoms with Crippen molar-refractivity contribution in [3.8, 4) is 0 Å². The minimum atomic E-state index is -4.00. The number of carbonyl (C=O) groups is 1. The van der Waals surface area contributed by atoms with Crippen molar-refractivity contribution in [2.45, 2.75) is 4.90 Å². The highest BCUT2D eigenvalue weighted by molar-refractivity contribution is 7.92. The van der Waals surface area contributed by atoms with E-state index in [-0.39, 0.29) is 16.4 Å². The van der Waals surface area contributed by atoms with Gasteiger partial charge in [-0.1, -0.05) is 12.1 Å². The third-order valence-electron chi connectivity index (χ3n) is 2.57. The van der Waals surface area contributed by atoms with Crippen molar-refractivity contribution in [2.75, 3.05) is 16.6 Å². The van der Waals surface area contributed by atoms with Crippen LogP contribution in [0.25, 0.3) is 0 Å². The van der Waals surface area contributed by atoms with Crippen LogP contribution in [0.15, 0.2) is 47.5 Å². The molecule has 2 aromatic rings. The predicted molar refractivity (Wildman–Crippen MR) is 77.6 cm³/mol. The Morgan fingerprint density at radius 3 is 2.59 bits per heavy atom. The van der Waals surface area contributed by atoms with Gasteiger partial charge in [0.1, 0.15) is 23.1 Å². The van der Waals surface area contributed by atoms with Crippen LogP contribution in [0.2, 0.25) is 0 Å². The van der Waals surface area contributed by atoms with Crippen LogP contribution in [0, 0.1) is 5.82 Å². The Kier molecular flexibility index (Phi) is 4.56. The van der Waals surface area contributed by atoms with E-state index in [2.05, 4.69) is 15.0 Å². The number of hydrogen-bond donors (Lipinski definition) is 3. The van der Waals surface area contributed by atoms with Crippen LogP contribution in [0.3, 0.4) is 0 Å². The third-order valence-corrected chi connectivity index (χ3v) is 3.99. The molecule has 0 saturated heterocycles. The molecule has 7 nitrogen and oxygen atoms in total. The first-order valence-electron chi connectivity index (χ1n) is 6.07. The average molecular weight is 325 g/mol. The largest absolute Gasteiger partial charge is 0.480 e. The molecule has 2 rings (SSSR count). The van der Waals surface area contributed by atoms with Crippen molar-refractivity contribution in [3.63, 3.8) is 0 Å². The van der Waals surface area contributed by atoms with E-state index in [1.807, 2.05) is 0 Å². The summed E-state index contributed by atoms with van der Waals surface area (Å²) in [7, 11) is -4.00. The number of carboxylic acids is 1. The summed E-state index contributed by atoms with van der Waals surface area (Å²) in [5, 5.41) is 11.2. The molecular weight excluding hydrogens is 313 g/mol. The van der Waals surface area contributed by atoms with E-state index in [4.69, 9.17) is 5.11 Å². The number of halogens is 1. The van der Waals surface area contributed by atoms with Gasteiger partial charge in [0.15, 0.2) is 0 Å². The minimum absolute atomic E-state index is 0.0468. The van der Waals surface area contributed by atoms with E-state index in [9.17, 15) is 17.6 Å². The first kappa shape index (κ1) is 15.7. The second-order valence-electron chi connectivity index (χ2n) is 4.21. The first-order valence-corrected chi connectivity index (χ1v) is 7.56. The molecule has 3 N–H and O–H groups in total. The Morgan fingerprint density at radius 1 is 1.23 bits per heavy atom. The molecule has 9 heteroatoms. The number of para-hydroxylation sites is 1. The molecule has 0 spiro atoms. The fourth-order valence-corrected chi connectivity index (χ4v) is 2.84. The summed E-state index contributed by atoms with van der Waals surface area (Å²) >= 11 is 0. The number of aliphatic carboxylic acids is 1. The van der Waals surface area contributed by atoms with Crippen molar-refractivity contribution < 1.29 is 22.7 Å². The van der Waals surface area contributed by atoms with Crippen molar-refractivity contribution in [1.82, 2.24) is 4.98 Å². The molecule has 0 unspecified atom stereocenters. The molecule has 1 aromatic carbocycles. The van der Waals surface area contributed by atoms with Crippen LogP contribution in [-0.4, -0.2) is 31.0 Å². The number of pyridine rings is 1. The highest BCUT2D eigenvalue weighted by atomic mass is 32.2. The van der Waals surface area contributed by atoms with Crippen LogP contribution in [0.1, 0.15) is 0 Å². The Bertz CT molecular complexity index is 778. The Labute approximate surface area is 125 Å². The monoisotopic (exact) mass is 325 g/mol. The fraction of sp³-hybridized carbons (Fsp3) is 0.0769. The van der Waals surface area contributed by atoms with Gasteiger partial charge >= 0.3 is 5.97 Å². The maximum Gasteiger partial charge on any atom is 0.322 e. The number of hydrogen-bond acceptors (Lipinski definition) is 5. The molecule has 22 heavy (non-hydrogen) atoms. The summed E-state index contributed by atoms with van der Waals surface area (Å²) in [6.07, 6.45) is 0.881. The number of benzene rings is 1. The zero-order valence-corrected chi connectivity index (χ0v) is 12.0. The van der Waals surface area contributed by atoms with Crippen molar-refractivity contribution in [2.24, 2.45) is 0 Å². The number of sulfonamides is 1. The third kappa shape index (κ3) is 3.92. The molecule has 116 valence electrons. The molecule has 0 saturated carbocycles. The molecule has 0 bridgehead atoms. The zero-order valence-electron chi connectivity index (χ0n) is 11.2. The summed E-state index contributed by atoms with van der Waals surface area (Å²) in [4.78, 5) is 14.1. The van der Waals surface area contributed by atoms with E-state index in [1.165, 1.54) is 24.3 Å². The van der Waals surface area contributed by atoms with Crippen LogP contribution >= 0.6 is 0 Å². The summed E-state index contributed by atoms with van der Waals surface area (Å²) in [6, 6.07) is 8.07. The minimum Gasteiger partial charge on any atom is -0.480 e. The van der Waals surface area contributed by atoms with Gasteiger partial charge in [-0.3, -0.25) is 9.52 Å². The van der Waals surface area contributed by atoms with E-state index in [0.717, 1.165) is 12.3 Å². The topological polar surface area (TPSA) is 108 Å². The Morgan fingerprint density at radius 2 is 1.95 bits per heavy atom. The number of carboxylic acid groups (broad SMARTS) is 1. The first-order chi connectivity index (χ1) is 10.4. The van der Waals surface area contributed by atoms with Gasteiger partial charge < -0.3 is 10.4 Å². The maximum absolute atomic E-state index is 12.8. The summed E-state index contributed by atoms with van der Waals surface area (Å²) in [5.41, 5.74) is 0.138. The lowest BCUT2D eigenvalue weighted by Gasteiger charge is -2.12.